The maximum absolute atomic E-state index is 10.9. The molecule has 15 heavy (non-hydrogen) atoms. The van der Waals surface area contributed by atoms with Crippen LogP contribution in [0.4, 0.5) is 5.69 Å². The molecule has 0 aliphatic carbocycles. The number of phenols is 1. The van der Waals surface area contributed by atoms with Crippen LogP contribution >= 0.6 is 0 Å². The lowest BCUT2D eigenvalue weighted by Gasteiger charge is -2.05. The highest BCUT2D eigenvalue weighted by atomic mass is 32.2. The first kappa shape index (κ1) is 9.95. The van der Waals surface area contributed by atoms with Gasteiger partial charge in [-0.1, -0.05) is 12.1 Å². The third-order valence-electron chi connectivity index (χ3n) is 2.18. The maximum atomic E-state index is 10.9. The van der Waals surface area contributed by atoms with E-state index in [1.54, 1.807) is 18.2 Å². The number of phenolic OH excluding ortho intramolecular Hbond substituents is 1. The summed E-state index contributed by atoms with van der Waals surface area (Å²) in [5.74, 6) is -0.0443. The molecular formula is C10H9NO3S. The van der Waals surface area contributed by atoms with Gasteiger partial charge in [-0.2, -0.15) is 0 Å². The first-order valence-corrected chi connectivity index (χ1v) is 5.32. The molecule has 2 aromatic rings. The highest BCUT2D eigenvalue weighted by Gasteiger charge is 2.08. The van der Waals surface area contributed by atoms with Crippen molar-refractivity contribution < 1.29 is 13.9 Å². The van der Waals surface area contributed by atoms with E-state index in [0.29, 0.717) is 16.5 Å². The first-order valence-electron chi connectivity index (χ1n) is 4.21. The van der Waals surface area contributed by atoms with E-state index in [2.05, 4.69) is 0 Å². The Morgan fingerprint density at radius 1 is 1.20 bits per heavy atom. The van der Waals surface area contributed by atoms with E-state index >= 15 is 0 Å². The molecule has 1 unspecified atom stereocenters. The van der Waals surface area contributed by atoms with Gasteiger partial charge in [-0.05, 0) is 18.2 Å². The molecule has 0 heterocycles. The van der Waals surface area contributed by atoms with Crippen LogP contribution < -0.4 is 5.73 Å². The summed E-state index contributed by atoms with van der Waals surface area (Å²) in [5, 5.41) is 10.8. The smallest absolute Gasteiger partial charge is 0.186 e. The van der Waals surface area contributed by atoms with Crippen LogP contribution in [0.5, 0.6) is 5.75 Å². The van der Waals surface area contributed by atoms with Crippen molar-refractivity contribution in [1.82, 2.24) is 0 Å². The molecule has 0 amide bonds. The third kappa shape index (κ3) is 1.67. The molecule has 4 nitrogen and oxygen atoms in total. The summed E-state index contributed by atoms with van der Waals surface area (Å²) in [6.45, 7) is 0. The van der Waals surface area contributed by atoms with Crippen LogP contribution in [-0.2, 0) is 11.1 Å². The highest BCUT2D eigenvalue weighted by Crippen LogP contribution is 2.30. The molecule has 0 spiro atoms. The van der Waals surface area contributed by atoms with Gasteiger partial charge in [-0.3, -0.25) is 0 Å². The standard InChI is InChI=1S/C10H9NO3S/c11-9-3-1-2-7-8(9)4-6(15(13)14)5-10(7)12/h1-5,12H,11H2,(H,13,14). The van der Waals surface area contributed by atoms with Crippen LogP contribution in [0.25, 0.3) is 10.8 Å². The lowest BCUT2D eigenvalue weighted by Crippen LogP contribution is -1.91. The summed E-state index contributed by atoms with van der Waals surface area (Å²) in [6.07, 6.45) is 0. The van der Waals surface area contributed by atoms with Gasteiger partial charge in [0.15, 0.2) is 11.1 Å². The number of anilines is 1. The van der Waals surface area contributed by atoms with Crippen molar-refractivity contribution in [2.75, 3.05) is 5.73 Å². The summed E-state index contributed by atoms with van der Waals surface area (Å²) in [6, 6.07) is 7.85. The molecule has 0 aliphatic rings. The monoisotopic (exact) mass is 223 g/mol. The molecule has 1 atom stereocenters. The van der Waals surface area contributed by atoms with Gasteiger partial charge in [-0.15, -0.1) is 0 Å². The van der Waals surface area contributed by atoms with Crippen LogP contribution in [0.15, 0.2) is 35.2 Å². The Kier molecular flexibility index (Phi) is 2.34. The average Bonchev–Trinajstić information content (AvgIpc) is 2.19. The second-order valence-electron chi connectivity index (χ2n) is 3.13. The molecule has 0 saturated heterocycles. The summed E-state index contributed by atoms with van der Waals surface area (Å²) in [4.78, 5) is 0.137. The number of benzene rings is 2. The SMILES string of the molecule is Nc1cccc2c(O)cc(S(=O)O)cc12. The number of hydrogen-bond donors (Lipinski definition) is 3. The fourth-order valence-corrected chi connectivity index (χ4v) is 1.90. The number of aromatic hydroxyl groups is 1. The van der Waals surface area contributed by atoms with E-state index in [4.69, 9.17) is 10.3 Å². The summed E-state index contributed by atoms with van der Waals surface area (Å²) in [5.41, 5.74) is 6.17. The quantitative estimate of drug-likeness (QED) is 0.507. The minimum Gasteiger partial charge on any atom is -0.507 e. The van der Waals surface area contributed by atoms with E-state index in [0.717, 1.165) is 0 Å². The van der Waals surface area contributed by atoms with E-state index in [1.807, 2.05) is 0 Å². The van der Waals surface area contributed by atoms with Crippen LogP contribution in [0.1, 0.15) is 0 Å². The van der Waals surface area contributed by atoms with Gasteiger partial charge in [-0.25, -0.2) is 4.21 Å². The van der Waals surface area contributed by atoms with Gasteiger partial charge in [0.1, 0.15) is 5.75 Å². The van der Waals surface area contributed by atoms with Crippen LogP contribution in [-0.4, -0.2) is 13.9 Å². The molecule has 2 aromatic carbocycles. The lowest BCUT2D eigenvalue weighted by atomic mass is 10.1. The van der Waals surface area contributed by atoms with Crippen molar-refractivity contribution in [3.63, 3.8) is 0 Å². The largest absolute Gasteiger partial charge is 0.507 e. The van der Waals surface area contributed by atoms with Gasteiger partial charge >= 0.3 is 0 Å². The van der Waals surface area contributed by atoms with Gasteiger partial charge < -0.3 is 15.4 Å². The van der Waals surface area contributed by atoms with Crippen LogP contribution in [0.2, 0.25) is 0 Å². The molecule has 2 rings (SSSR count). The fraction of sp³-hybridized carbons (Fsp3) is 0. The Labute approximate surface area is 88.6 Å². The zero-order valence-electron chi connectivity index (χ0n) is 7.68. The van der Waals surface area contributed by atoms with E-state index in [-0.39, 0.29) is 10.6 Å². The predicted octanol–water partition coefficient (Wildman–Crippen LogP) is 1.71. The number of nitrogen functional groups attached to an aromatic ring is 1. The average molecular weight is 223 g/mol. The second kappa shape index (κ2) is 3.52. The molecule has 78 valence electrons. The third-order valence-corrected chi connectivity index (χ3v) is 2.82. The van der Waals surface area contributed by atoms with Gasteiger partial charge in [0, 0.05) is 16.5 Å². The summed E-state index contributed by atoms with van der Waals surface area (Å²) >= 11 is -2.12. The molecule has 0 bridgehead atoms. The van der Waals surface area contributed by atoms with Gasteiger partial charge in [0.2, 0.25) is 0 Å². The van der Waals surface area contributed by atoms with E-state index < -0.39 is 11.1 Å². The number of rotatable bonds is 1. The summed E-state index contributed by atoms with van der Waals surface area (Å²) < 4.78 is 19.8. The van der Waals surface area contributed by atoms with Crippen molar-refractivity contribution in [2.45, 2.75) is 4.90 Å². The van der Waals surface area contributed by atoms with Crippen molar-refractivity contribution in [3.05, 3.63) is 30.3 Å². The first-order chi connectivity index (χ1) is 7.09. The Morgan fingerprint density at radius 2 is 1.93 bits per heavy atom. The molecule has 0 fully saturated rings. The van der Waals surface area contributed by atoms with E-state index in [1.165, 1.54) is 12.1 Å². The summed E-state index contributed by atoms with van der Waals surface area (Å²) in [7, 11) is 0. The Balaban J connectivity index is 2.85. The van der Waals surface area contributed by atoms with E-state index in [9.17, 15) is 9.32 Å². The molecular weight excluding hydrogens is 214 g/mol. The number of fused-ring (bicyclic) bond motifs is 1. The van der Waals surface area contributed by atoms with Crippen LogP contribution in [0, 0.1) is 0 Å². The van der Waals surface area contributed by atoms with Crippen molar-refractivity contribution in [3.8, 4) is 5.75 Å². The van der Waals surface area contributed by atoms with Gasteiger partial charge in [0.05, 0.1) is 4.90 Å². The molecule has 0 saturated carbocycles. The zero-order chi connectivity index (χ0) is 11.0. The fourth-order valence-electron chi connectivity index (χ4n) is 1.46. The normalized spacial score (nSPS) is 12.9. The Bertz CT molecular complexity index is 554. The Hall–Kier alpha value is -1.59. The molecule has 0 radical (unpaired) electrons. The Morgan fingerprint density at radius 3 is 2.60 bits per heavy atom. The van der Waals surface area contributed by atoms with Crippen molar-refractivity contribution in [2.24, 2.45) is 0 Å². The maximum Gasteiger partial charge on any atom is 0.186 e. The molecule has 0 aliphatic heterocycles. The van der Waals surface area contributed by atoms with Gasteiger partial charge in [0.25, 0.3) is 0 Å². The minimum absolute atomic E-state index is 0.0443. The highest BCUT2D eigenvalue weighted by molar-refractivity contribution is 7.79. The number of hydrogen-bond acceptors (Lipinski definition) is 3. The minimum atomic E-state index is -2.12. The zero-order valence-corrected chi connectivity index (χ0v) is 8.49. The molecule has 0 aromatic heterocycles. The topological polar surface area (TPSA) is 83.5 Å². The predicted molar refractivity (Wildman–Crippen MR) is 59.1 cm³/mol. The van der Waals surface area contributed by atoms with Crippen LogP contribution in [0.3, 0.4) is 0 Å². The number of nitrogens with two attached hydrogens (primary N) is 1. The van der Waals surface area contributed by atoms with Crippen molar-refractivity contribution in [1.29, 1.82) is 0 Å². The second-order valence-corrected chi connectivity index (χ2v) is 4.10. The lowest BCUT2D eigenvalue weighted by molar-refractivity contribution is 0.479. The molecule has 5 heteroatoms. The van der Waals surface area contributed by atoms with Crippen molar-refractivity contribution >= 4 is 27.5 Å². The molecule has 4 N–H and O–H groups in total.